The molecule has 0 saturated carbocycles. The molecule has 0 aliphatic carbocycles. The van der Waals surface area contributed by atoms with Gasteiger partial charge in [0.25, 0.3) is 0 Å². The molecule has 0 radical (unpaired) electrons. The maximum atomic E-state index is 4.89. The lowest BCUT2D eigenvalue weighted by Crippen LogP contribution is -1.86. The average molecular weight is 265 g/mol. The third kappa shape index (κ3) is 101. The van der Waals surface area contributed by atoms with Crippen molar-refractivity contribution in [3.63, 3.8) is 0 Å². The van der Waals surface area contributed by atoms with Gasteiger partial charge in [0.1, 0.15) is 0 Å². The van der Waals surface area contributed by atoms with E-state index in [1.165, 1.54) is 38.5 Å². The standard InChI is InChI=1S/C7H16O.C4H10.3C2H6/c1-3-4-5-6-7-8-2;1-3-4-2;3*1-2/h3-7H2,1-2H3;3-4H2,1-2H3;3*1-2H3. The Hall–Kier alpha value is -0.0400. The summed E-state index contributed by atoms with van der Waals surface area (Å²) in [6.07, 6.45) is 7.85. The second kappa shape index (κ2) is 68.2. The summed E-state index contributed by atoms with van der Waals surface area (Å²) in [5.41, 5.74) is 0. The summed E-state index contributed by atoms with van der Waals surface area (Å²) < 4.78 is 4.89. The van der Waals surface area contributed by atoms with Crippen LogP contribution in [0.4, 0.5) is 0 Å². The molecule has 118 valence electrons. The van der Waals surface area contributed by atoms with Crippen LogP contribution in [-0.2, 0) is 4.74 Å². The van der Waals surface area contributed by atoms with Crippen molar-refractivity contribution in [3.05, 3.63) is 0 Å². The molecule has 1 heteroatoms. The zero-order chi connectivity index (χ0) is 15.7. The number of methoxy groups -OCH3 is 1. The lowest BCUT2D eigenvalue weighted by molar-refractivity contribution is 0.192. The molecule has 0 N–H and O–H groups in total. The predicted octanol–water partition coefficient (Wildman–Crippen LogP) is 7.10. The van der Waals surface area contributed by atoms with Gasteiger partial charge in [0.05, 0.1) is 0 Å². The maximum absolute atomic E-state index is 4.89. The van der Waals surface area contributed by atoms with E-state index in [-0.39, 0.29) is 0 Å². The molecule has 0 aromatic heterocycles. The fourth-order valence-electron chi connectivity index (χ4n) is 0.673. The summed E-state index contributed by atoms with van der Waals surface area (Å²) in [6.45, 7) is 19.5. The van der Waals surface area contributed by atoms with Gasteiger partial charge in [0, 0.05) is 13.7 Å². The van der Waals surface area contributed by atoms with E-state index in [9.17, 15) is 0 Å². The molecular weight excluding hydrogens is 220 g/mol. The van der Waals surface area contributed by atoms with Crippen molar-refractivity contribution in [2.24, 2.45) is 0 Å². The zero-order valence-electron chi connectivity index (χ0n) is 15.4. The number of hydrogen-bond donors (Lipinski definition) is 0. The first-order valence-electron chi connectivity index (χ1n) is 8.32. The van der Waals surface area contributed by atoms with Gasteiger partial charge in [0.15, 0.2) is 0 Å². The number of hydrogen-bond acceptors (Lipinski definition) is 1. The molecule has 0 saturated heterocycles. The van der Waals surface area contributed by atoms with Crippen LogP contribution in [0.1, 0.15) is 101 Å². The molecule has 0 fully saturated rings. The van der Waals surface area contributed by atoms with Crippen molar-refractivity contribution in [2.45, 2.75) is 101 Å². The van der Waals surface area contributed by atoms with E-state index in [0.29, 0.717) is 0 Å². The third-order valence-corrected chi connectivity index (χ3v) is 1.70. The van der Waals surface area contributed by atoms with Gasteiger partial charge in [-0.1, -0.05) is 94.4 Å². The second-order valence-electron chi connectivity index (χ2n) is 3.05. The average Bonchev–Trinajstić information content (AvgIpc) is 2.50. The van der Waals surface area contributed by atoms with Gasteiger partial charge in [-0.3, -0.25) is 0 Å². The van der Waals surface area contributed by atoms with Gasteiger partial charge in [-0.15, -0.1) is 0 Å². The minimum Gasteiger partial charge on any atom is -0.385 e. The Morgan fingerprint density at radius 2 is 0.944 bits per heavy atom. The Morgan fingerprint density at radius 1 is 0.556 bits per heavy atom. The fourth-order valence-corrected chi connectivity index (χ4v) is 0.673. The molecule has 0 aliphatic rings. The van der Waals surface area contributed by atoms with Gasteiger partial charge in [-0.25, -0.2) is 0 Å². The van der Waals surface area contributed by atoms with E-state index in [4.69, 9.17) is 4.74 Å². The van der Waals surface area contributed by atoms with Gasteiger partial charge in [0.2, 0.25) is 0 Å². The van der Waals surface area contributed by atoms with Crippen LogP contribution >= 0.6 is 0 Å². The third-order valence-electron chi connectivity index (χ3n) is 1.70. The van der Waals surface area contributed by atoms with E-state index < -0.39 is 0 Å². The molecule has 0 amide bonds. The summed E-state index contributed by atoms with van der Waals surface area (Å²) in [6, 6.07) is 0. The van der Waals surface area contributed by atoms with Crippen LogP contribution in [0.3, 0.4) is 0 Å². The van der Waals surface area contributed by atoms with Crippen LogP contribution in [-0.4, -0.2) is 13.7 Å². The first kappa shape index (κ1) is 30.8. The van der Waals surface area contributed by atoms with Crippen LogP contribution in [0.2, 0.25) is 0 Å². The van der Waals surface area contributed by atoms with E-state index in [1.807, 2.05) is 41.5 Å². The molecular formula is C17H44O. The van der Waals surface area contributed by atoms with Crippen molar-refractivity contribution < 1.29 is 4.74 Å². The van der Waals surface area contributed by atoms with Gasteiger partial charge >= 0.3 is 0 Å². The van der Waals surface area contributed by atoms with Crippen molar-refractivity contribution in [1.82, 2.24) is 0 Å². The molecule has 0 aromatic carbocycles. The lowest BCUT2D eigenvalue weighted by Gasteiger charge is -1.95. The molecule has 0 aromatic rings. The number of unbranched alkanes of at least 4 members (excludes halogenated alkanes) is 4. The molecule has 0 spiro atoms. The van der Waals surface area contributed by atoms with Crippen LogP contribution in [0.5, 0.6) is 0 Å². The van der Waals surface area contributed by atoms with Crippen LogP contribution in [0, 0.1) is 0 Å². The monoisotopic (exact) mass is 264 g/mol. The number of ether oxygens (including phenoxy) is 1. The molecule has 0 aliphatic heterocycles. The summed E-state index contributed by atoms with van der Waals surface area (Å²) in [5, 5.41) is 0. The van der Waals surface area contributed by atoms with E-state index in [0.717, 1.165) is 6.61 Å². The Balaban J connectivity index is -0.0000000477. The highest BCUT2D eigenvalue weighted by atomic mass is 16.5. The van der Waals surface area contributed by atoms with E-state index >= 15 is 0 Å². The van der Waals surface area contributed by atoms with Crippen molar-refractivity contribution in [1.29, 1.82) is 0 Å². The van der Waals surface area contributed by atoms with Crippen LogP contribution in [0.15, 0.2) is 0 Å². The van der Waals surface area contributed by atoms with Crippen molar-refractivity contribution in [3.8, 4) is 0 Å². The van der Waals surface area contributed by atoms with Crippen molar-refractivity contribution >= 4 is 0 Å². The largest absolute Gasteiger partial charge is 0.385 e. The maximum Gasteiger partial charge on any atom is 0.0462 e. The summed E-state index contributed by atoms with van der Waals surface area (Å²) >= 11 is 0. The van der Waals surface area contributed by atoms with Crippen LogP contribution < -0.4 is 0 Å². The SMILES string of the molecule is CC.CC.CC.CCCC.CCCCCCOC. The summed E-state index contributed by atoms with van der Waals surface area (Å²) in [4.78, 5) is 0. The lowest BCUT2D eigenvalue weighted by atomic mass is 10.2. The number of rotatable bonds is 6. The molecule has 1 nitrogen and oxygen atoms in total. The highest BCUT2D eigenvalue weighted by Crippen LogP contribution is 1.97. The topological polar surface area (TPSA) is 9.23 Å². The van der Waals surface area contributed by atoms with Gasteiger partial charge in [-0.2, -0.15) is 0 Å². The Bertz CT molecular complexity index is 45.6. The first-order valence-corrected chi connectivity index (χ1v) is 8.32. The Kier molecular flexibility index (Phi) is 117. The minimum absolute atomic E-state index is 0.931. The smallest absolute Gasteiger partial charge is 0.0462 e. The van der Waals surface area contributed by atoms with E-state index in [2.05, 4.69) is 20.8 Å². The molecule has 0 rings (SSSR count). The predicted molar refractivity (Wildman–Crippen MR) is 90.6 cm³/mol. The normalized spacial score (nSPS) is 7.00. The molecule has 0 bridgehead atoms. The minimum atomic E-state index is 0.931. The first-order chi connectivity index (χ1) is 8.83. The summed E-state index contributed by atoms with van der Waals surface area (Å²) in [7, 11) is 1.76. The van der Waals surface area contributed by atoms with Gasteiger partial charge in [-0.05, 0) is 6.42 Å². The molecule has 0 atom stereocenters. The van der Waals surface area contributed by atoms with Crippen LogP contribution in [0.25, 0.3) is 0 Å². The molecule has 0 heterocycles. The Morgan fingerprint density at radius 3 is 1.17 bits per heavy atom. The van der Waals surface area contributed by atoms with Crippen molar-refractivity contribution in [2.75, 3.05) is 13.7 Å². The molecule has 0 unspecified atom stereocenters. The van der Waals surface area contributed by atoms with Gasteiger partial charge < -0.3 is 4.74 Å². The molecule has 18 heavy (non-hydrogen) atoms. The quantitative estimate of drug-likeness (QED) is 0.465. The summed E-state index contributed by atoms with van der Waals surface area (Å²) in [5.74, 6) is 0. The zero-order valence-corrected chi connectivity index (χ0v) is 15.4. The highest BCUT2D eigenvalue weighted by molar-refractivity contribution is 4.37. The Labute approximate surface area is 120 Å². The second-order valence-corrected chi connectivity index (χ2v) is 3.05. The van der Waals surface area contributed by atoms with E-state index in [1.54, 1.807) is 7.11 Å². The fraction of sp³-hybridized carbons (Fsp3) is 1.00. The highest BCUT2D eigenvalue weighted by Gasteiger charge is 1.83.